The predicted octanol–water partition coefficient (Wildman–Crippen LogP) is 0.167. The van der Waals surface area contributed by atoms with E-state index in [1.165, 1.54) is 0 Å². The maximum absolute atomic E-state index is 11.6. The highest BCUT2D eigenvalue weighted by Crippen LogP contribution is 2.01. The van der Waals surface area contributed by atoms with Crippen LogP contribution in [0.15, 0.2) is 0 Å². The fraction of sp³-hybridized carbons (Fsp3) is 0.923. The molecular formula is C13H27N3O2. The Hall–Kier alpha value is -0.650. The van der Waals surface area contributed by atoms with Crippen LogP contribution in [0.2, 0.25) is 0 Å². The van der Waals surface area contributed by atoms with E-state index in [9.17, 15) is 4.79 Å². The highest BCUT2D eigenvalue weighted by molar-refractivity contribution is 5.75. The molecule has 18 heavy (non-hydrogen) atoms. The number of nitrogens with one attached hydrogen (secondary N) is 1. The highest BCUT2D eigenvalue weighted by Gasteiger charge is 2.15. The summed E-state index contributed by atoms with van der Waals surface area (Å²) in [6.45, 7) is 10.1. The van der Waals surface area contributed by atoms with Crippen molar-refractivity contribution in [2.24, 2.45) is 0 Å². The molecule has 0 atom stereocenters. The number of hydrogen-bond acceptors (Lipinski definition) is 4. The molecule has 1 amide bonds. The van der Waals surface area contributed by atoms with Crippen LogP contribution in [-0.2, 0) is 9.53 Å². The second-order valence-electron chi connectivity index (χ2n) is 4.72. The molecule has 0 radical (unpaired) electrons. The average molecular weight is 257 g/mol. The summed E-state index contributed by atoms with van der Waals surface area (Å²) >= 11 is 0. The maximum atomic E-state index is 11.6. The molecule has 1 aliphatic heterocycles. The van der Waals surface area contributed by atoms with Gasteiger partial charge in [-0.15, -0.1) is 0 Å². The van der Waals surface area contributed by atoms with Gasteiger partial charge in [0.05, 0.1) is 0 Å². The molecule has 0 aromatic rings. The molecule has 0 aromatic carbocycles. The van der Waals surface area contributed by atoms with Crippen LogP contribution in [0.4, 0.5) is 0 Å². The Morgan fingerprint density at radius 3 is 2.50 bits per heavy atom. The van der Waals surface area contributed by atoms with Crippen LogP contribution in [0.25, 0.3) is 0 Å². The molecule has 5 heteroatoms. The van der Waals surface area contributed by atoms with Gasteiger partial charge < -0.3 is 19.9 Å². The third-order valence-electron chi connectivity index (χ3n) is 3.41. The Kier molecular flexibility index (Phi) is 7.96. The van der Waals surface area contributed by atoms with Crippen LogP contribution < -0.4 is 5.32 Å². The summed E-state index contributed by atoms with van der Waals surface area (Å²) < 4.78 is 4.94. The standard InChI is InChI=1S/C13H27N3O2/c1-3-15-8-10-16(11-9-15)7-5-13(17)14-6-4-12-18-2/h3-12H2,1-2H3,(H,14,17). The molecule has 0 aromatic heterocycles. The molecule has 1 heterocycles. The second-order valence-corrected chi connectivity index (χ2v) is 4.72. The molecule has 0 unspecified atom stereocenters. The van der Waals surface area contributed by atoms with Crippen LogP contribution in [-0.4, -0.2) is 75.2 Å². The van der Waals surface area contributed by atoms with E-state index in [-0.39, 0.29) is 5.91 Å². The van der Waals surface area contributed by atoms with Crippen LogP contribution in [0.3, 0.4) is 0 Å². The van der Waals surface area contributed by atoms with E-state index >= 15 is 0 Å². The fourth-order valence-electron chi connectivity index (χ4n) is 2.12. The topological polar surface area (TPSA) is 44.8 Å². The van der Waals surface area contributed by atoms with Crippen molar-refractivity contribution >= 4 is 5.91 Å². The van der Waals surface area contributed by atoms with Crippen molar-refractivity contribution < 1.29 is 9.53 Å². The average Bonchev–Trinajstić information content (AvgIpc) is 2.42. The molecule has 1 saturated heterocycles. The van der Waals surface area contributed by atoms with Gasteiger partial charge in [-0.25, -0.2) is 0 Å². The monoisotopic (exact) mass is 257 g/mol. The van der Waals surface area contributed by atoms with Crippen LogP contribution in [0.5, 0.6) is 0 Å². The van der Waals surface area contributed by atoms with E-state index in [1.54, 1.807) is 7.11 Å². The van der Waals surface area contributed by atoms with Crippen molar-refractivity contribution in [2.45, 2.75) is 19.8 Å². The quantitative estimate of drug-likeness (QED) is 0.630. The van der Waals surface area contributed by atoms with Crippen molar-refractivity contribution in [3.8, 4) is 0 Å². The lowest BCUT2D eigenvalue weighted by molar-refractivity contribution is -0.121. The van der Waals surface area contributed by atoms with Crippen LogP contribution >= 0.6 is 0 Å². The largest absolute Gasteiger partial charge is 0.385 e. The molecule has 1 fully saturated rings. The van der Waals surface area contributed by atoms with Crippen LogP contribution in [0.1, 0.15) is 19.8 Å². The second kappa shape index (κ2) is 9.30. The number of carbonyl (C=O) groups is 1. The van der Waals surface area contributed by atoms with Gasteiger partial charge in [-0.3, -0.25) is 4.79 Å². The summed E-state index contributed by atoms with van der Waals surface area (Å²) in [5, 5.41) is 2.92. The molecule has 1 rings (SSSR count). The van der Waals surface area contributed by atoms with Gasteiger partial charge in [-0.2, -0.15) is 0 Å². The lowest BCUT2D eigenvalue weighted by Crippen LogP contribution is -2.47. The molecule has 0 bridgehead atoms. The minimum absolute atomic E-state index is 0.157. The maximum Gasteiger partial charge on any atom is 0.221 e. The number of rotatable bonds is 8. The zero-order valence-corrected chi connectivity index (χ0v) is 11.8. The van der Waals surface area contributed by atoms with E-state index in [4.69, 9.17) is 4.74 Å². The van der Waals surface area contributed by atoms with E-state index in [0.717, 1.165) is 52.2 Å². The Balaban J connectivity index is 2.01. The van der Waals surface area contributed by atoms with Crippen LogP contribution in [0, 0.1) is 0 Å². The predicted molar refractivity (Wildman–Crippen MR) is 72.7 cm³/mol. The third-order valence-corrected chi connectivity index (χ3v) is 3.41. The zero-order valence-electron chi connectivity index (χ0n) is 11.8. The molecule has 5 nitrogen and oxygen atoms in total. The number of methoxy groups -OCH3 is 1. The Morgan fingerprint density at radius 2 is 1.89 bits per heavy atom. The number of nitrogens with zero attached hydrogens (tertiary/aromatic N) is 2. The minimum Gasteiger partial charge on any atom is -0.385 e. The van der Waals surface area contributed by atoms with E-state index in [1.807, 2.05) is 0 Å². The molecular weight excluding hydrogens is 230 g/mol. The number of carbonyl (C=O) groups excluding carboxylic acids is 1. The first-order valence-electron chi connectivity index (χ1n) is 6.96. The normalized spacial score (nSPS) is 17.9. The summed E-state index contributed by atoms with van der Waals surface area (Å²) in [4.78, 5) is 16.4. The lowest BCUT2D eigenvalue weighted by Gasteiger charge is -2.33. The molecule has 1 aliphatic rings. The Bertz CT molecular complexity index is 228. The van der Waals surface area contributed by atoms with Crippen molar-refractivity contribution in [1.82, 2.24) is 15.1 Å². The van der Waals surface area contributed by atoms with E-state index in [2.05, 4.69) is 22.0 Å². The number of hydrogen-bond donors (Lipinski definition) is 1. The minimum atomic E-state index is 0.157. The highest BCUT2D eigenvalue weighted by atomic mass is 16.5. The van der Waals surface area contributed by atoms with Gasteiger partial charge in [-0.1, -0.05) is 6.92 Å². The molecule has 1 N–H and O–H groups in total. The Morgan fingerprint density at radius 1 is 1.22 bits per heavy atom. The smallest absolute Gasteiger partial charge is 0.221 e. The Labute approximate surface area is 110 Å². The zero-order chi connectivity index (χ0) is 13.2. The first-order chi connectivity index (χ1) is 8.76. The third kappa shape index (κ3) is 6.33. The van der Waals surface area contributed by atoms with Crippen molar-refractivity contribution in [3.63, 3.8) is 0 Å². The number of piperazine rings is 1. The van der Waals surface area contributed by atoms with E-state index < -0.39 is 0 Å². The van der Waals surface area contributed by atoms with Gasteiger partial charge in [0.1, 0.15) is 0 Å². The SMILES string of the molecule is CCN1CCN(CCC(=O)NCCCOC)CC1. The van der Waals surface area contributed by atoms with Gasteiger partial charge in [0.2, 0.25) is 5.91 Å². The molecule has 106 valence electrons. The molecule has 0 spiro atoms. The van der Waals surface area contributed by atoms with Gasteiger partial charge in [-0.05, 0) is 13.0 Å². The summed E-state index contributed by atoms with van der Waals surface area (Å²) in [6, 6.07) is 0. The van der Waals surface area contributed by atoms with Gasteiger partial charge >= 0.3 is 0 Å². The number of likely N-dealkylation sites (N-methyl/N-ethyl adjacent to an activating group) is 1. The summed E-state index contributed by atoms with van der Waals surface area (Å²) in [5.41, 5.74) is 0. The summed E-state index contributed by atoms with van der Waals surface area (Å²) in [7, 11) is 1.68. The number of ether oxygens (including phenoxy) is 1. The van der Waals surface area contributed by atoms with Crippen molar-refractivity contribution in [2.75, 3.05) is 59.5 Å². The first kappa shape index (κ1) is 15.4. The molecule has 0 saturated carbocycles. The molecule has 0 aliphatic carbocycles. The van der Waals surface area contributed by atoms with E-state index in [0.29, 0.717) is 13.0 Å². The van der Waals surface area contributed by atoms with Gasteiger partial charge in [0.25, 0.3) is 0 Å². The van der Waals surface area contributed by atoms with Gasteiger partial charge in [0, 0.05) is 59.4 Å². The van der Waals surface area contributed by atoms with Crippen molar-refractivity contribution in [3.05, 3.63) is 0 Å². The van der Waals surface area contributed by atoms with Crippen molar-refractivity contribution in [1.29, 1.82) is 0 Å². The summed E-state index contributed by atoms with van der Waals surface area (Å²) in [5.74, 6) is 0.157. The number of amides is 1. The fourth-order valence-corrected chi connectivity index (χ4v) is 2.12. The van der Waals surface area contributed by atoms with Gasteiger partial charge in [0.15, 0.2) is 0 Å². The summed E-state index contributed by atoms with van der Waals surface area (Å²) in [6.07, 6.45) is 1.50. The first-order valence-corrected chi connectivity index (χ1v) is 6.96. The lowest BCUT2D eigenvalue weighted by atomic mass is 10.3.